The van der Waals surface area contributed by atoms with Crippen molar-refractivity contribution in [2.24, 2.45) is 5.41 Å². The maximum absolute atomic E-state index is 12.4. The SMILES string of the molecule is CC1(C)CNCCN(Cc2ccc(Br)cc2)C1=O. The Morgan fingerprint density at radius 2 is 2.00 bits per heavy atom. The van der Waals surface area contributed by atoms with Crippen molar-refractivity contribution in [2.75, 3.05) is 19.6 Å². The predicted octanol–water partition coefficient (Wildman–Crippen LogP) is 2.41. The van der Waals surface area contributed by atoms with Crippen LogP contribution in [0.15, 0.2) is 28.7 Å². The maximum atomic E-state index is 12.4. The fourth-order valence-electron chi connectivity index (χ4n) is 2.18. The van der Waals surface area contributed by atoms with Crippen molar-refractivity contribution in [3.8, 4) is 0 Å². The number of hydrogen-bond donors (Lipinski definition) is 1. The standard InChI is InChI=1S/C14H19BrN2O/c1-14(2)10-16-7-8-17(13(14)18)9-11-3-5-12(15)6-4-11/h3-6,16H,7-10H2,1-2H3. The summed E-state index contributed by atoms with van der Waals surface area (Å²) in [6.07, 6.45) is 0. The summed E-state index contributed by atoms with van der Waals surface area (Å²) in [5.74, 6) is 0.232. The van der Waals surface area contributed by atoms with Gasteiger partial charge < -0.3 is 10.2 Å². The van der Waals surface area contributed by atoms with E-state index in [9.17, 15) is 4.79 Å². The molecular formula is C14H19BrN2O. The first-order valence-electron chi connectivity index (χ1n) is 6.23. The number of nitrogens with one attached hydrogen (secondary N) is 1. The zero-order chi connectivity index (χ0) is 13.2. The van der Waals surface area contributed by atoms with Gasteiger partial charge in [0.15, 0.2) is 0 Å². The summed E-state index contributed by atoms with van der Waals surface area (Å²) in [6.45, 7) is 7.09. The molecule has 0 spiro atoms. The number of nitrogens with zero attached hydrogens (tertiary/aromatic N) is 1. The summed E-state index contributed by atoms with van der Waals surface area (Å²) in [5, 5.41) is 3.32. The van der Waals surface area contributed by atoms with Crippen LogP contribution in [0.5, 0.6) is 0 Å². The van der Waals surface area contributed by atoms with Gasteiger partial charge >= 0.3 is 0 Å². The Kier molecular flexibility index (Phi) is 4.07. The van der Waals surface area contributed by atoms with Gasteiger partial charge in [0.1, 0.15) is 0 Å². The van der Waals surface area contributed by atoms with Crippen LogP contribution in [0.4, 0.5) is 0 Å². The molecule has 1 aliphatic rings. The summed E-state index contributed by atoms with van der Waals surface area (Å²) in [7, 11) is 0. The summed E-state index contributed by atoms with van der Waals surface area (Å²) in [4.78, 5) is 14.4. The van der Waals surface area contributed by atoms with E-state index in [0.29, 0.717) is 6.54 Å². The third kappa shape index (κ3) is 3.12. The number of rotatable bonds is 2. The lowest BCUT2D eigenvalue weighted by Crippen LogP contribution is -2.41. The molecule has 1 heterocycles. The molecule has 2 rings (SSSR count). The second-order valence-corrected chi connectivity index (χ2v) is 6.33. The monoisotopic (exact) mass is 310 g/mol. The summed E-state index contributed by atoms with van der Waals surface area (Å²) < 4.78 is 1.07. The van der Waals surface area contributed by atoms with Crippen LogP contribution in [0.1, 0.15) is 19.4 Å². The molecule has 1 saturated heterocycles. The van der Waals surface area contributed by atoms with Gasteiger partial charge in [0, 0.05) is 30.7 Å². The Labute approximate surface area is 117 Å². The molecule has 0 saturated carbocycles. The Bertz CT molecular complexity index is 428. The fraction of sp³-hybridized carbons (Fsp3) is 0.500. The van der Waals surface area contributed by atoms with Gasteiger partial charge in [-0.15, -0.1) is 0 Å². The molecule has 0 bridgehead atoms. The van der Waals surface area contributed by atoms with Gasteiger partial charge in [-0.25, -0.2) is 0 Å². The summed E-state index contributed by atoms with van der Waals surface area (Å²) in [6, 6.07) is 8.15. The molecule has 98 valence electrons. The van der Waals surface area contributed by atoms with Crippen molar-refractivity contribution >= 4 is 21.8 Å². The Hall–Kier alpha value is -0.870. The van der Waals surface area contributed by atoms with Gasteiger partial charge in [0.2, 0.25) is 5.91 Å². The van der Waals surface area contributed by atoms with E-state index in [1.807, 2.05) is 30.9 Å². The minimum absolute atomic E-state index is 0.232. The molecular weight excluding hydrogens is 292 g/mol. The van der Waals surface area contributed by atoms with E-state index < -0.39 is 0 Å². The maximum Gasteiger partial charge on any atom is 0.229 e. The van der Waals surface area contributed by atoms with Crippen LogP contribution in [0.25, 0.3) is 0 Å². The first kappa shape index (κ1) is 13.6. The van der Waals surface area contributed by atoms with E-state index in [1.165, 1.54) is 5.56 Å². The summed E-state index contributed by atoms with van der Waals surface area (Å²) in [5.41, 5.74) is 0.857. The molecule has 0 aliphatic carbocycles. The van der Waals surface area contributed by atoms with Crippen LogP contribution in [-0.2, 0) is 11.3 Å². The third-order valence-corrected chi connectivity index (χ3v) is 3.81. The van der Waals surface area contributed by atoms with E-state index in [2.05, 4.69) is 33.4 Å². The van der Waals surface area contributed by atoms with Crippen LogP contribution in [-0.4, -0.2) is 30.4 Å². The second kappa shape index (κ2) is 5.41. The van der Waals surface area contributed by atoms with Gasteiger partial charge in [-0.3, -0.25) is 4.79 Å². The lowest BCUT2D eigenvalue weighted by Gasteiger charge is -2.28. The molecule has 0 radical (unpaired) electrons. The minimum atomic E-state index is -0.314. The Morgan fingerprint density at radius 1 is 1.33 bits per heavy atom. The first-order chi connectivity index (χ1) is 8.49. The molecule has 1 fully saturated rings. The second-order valence-electron chi connectivity index (χ2n) is 5.41. The largest absolute Gasteiger partial charge is 0.337 e. The molecule has 1 amide bonds. The average molecular weight is 311 g/mol. The molecule has 1 aromatic carbocycles. The lowest BCUT2D eigenvalue weighted by molar-refractivity contribution is -0.139. The number of carbonyl (C=O) groups is 1. The number of carbonyl (C=O) groups excluding carboxylic acids is 1. The van der Waals surface area contributed by atoms with Crippen molar-refractivity contribution in [2.45, 2.75) is 20.4 Å². The van der Waals surface area contributed by atoms with Crippen LogP contribution in [0, 0.1) is 5.41 Å². The van der Waals surface area contributed by atoms with Gasteiger partial charge in [-0.1, -0.05) is 28.1 Å². The Balaban J connectivity index is 2.12. The van der Waals surface area contributed by atoms with Crippen LogP contribution in [0.3, 0.4) is 0 Å². The van der Waals surface area contributed by atoms with E-state index in [-0.39, 0.29) is 11.3 Å². The minimum Gasteiger partial charge on any atom is -0.337 e. The van der Waals surface area contributed by atoms with Crippen molar-refractivity contribution < 1.29 is 4.79 Å². The first-order valence-corrected chi connectivity index (χ1v) is 7.03. The zero-order valence-corrected chi connectivity index (χ0v) is 12.5. The van der Waals surface area contributed by atoms with Crippen molar-refractivity contribution in [1.82, 2.24) is 10.2 Å². The van der Waals surface area contributed by atoms with E-state index in [1.54, 1.807) is 0 Å². The van der Waals surface area contributed by atoms with Gasteiger partial charge in [0.05, 0.1) is 5.41 Å². The highest BCUT2D eigenvalue weighted by Crippen LogP contribution is 2.21. The highest BCUT2D eigenvalue weighted by Gasteiger charge is 2.33. The number of hydrogen-bond acceptors (Lipinski definition) is 2. The number of amides is 1. The molecule has 1 aliphatic heterocycles. The smallest absolute Gasteiger partial charge is 0.229 e. The molecule has 3 nitrogen and oxygen atoms in total. The van der Waals surface area contributed by atoms with Crippen LogP contribution in [0.2, 0.25) is 0 Å². The fourth-order valence-corrected chi connectivity index (χ4v) is 2.45. The number of benzene rings is 1. The zero-order valence-electron chi connectivity index (χ0n) is 10.9. The molecule has 0 aromatic heterocycles. The highest BCUT2D eigenvalue weighted by atomic mass is 79.9. The van der Waals surface area contributed by atoms with Crippen molar-refractivity contribution in [1.29, 1.82) is 0 Å². The average Bonchev–Trinajstić information content (AvgIpc) is 2.45. The Morgan fingerprint density at radius 3 is 2.67 bits per heavy atom. The molecule has 18 heavy (non-hydrogen) atoms. The van der Waals surface area contributed by atoms with E-state index in [0.717, 1.165) is 24.1 Å². The van der Waals surface area contributed by atoms with Gasteiger partial charge in [-0.2, -0.15) is 0 Å². The van der Waals surface area contributed by atoms with Gasteiger partial charge in [0.25, 0.3) is 0 Å². The predicted molar refractivity (Wildman–Crippen MR) is 76.2 cm³/mol. The quantitative estimate of drug-likeness (QED) is 0.910. The van der Waals surface area contributed by atoms with Crippen LogP contribution >= 0.6 is 15.9 Å². The lowest BCUT2D eigenvalue weighted by atomic mass is 9.92. The molecule has 0 unspecified atom stereocenters. The van der Waals surface area contributed by atoms with Crippen molar-refractivity contribution in [3.05, 3.63) is 34.3 Å². The van der Waals surface area contributed by atoms with Crippen LogP contribution < -0.4 is 5.32 Å². The topological polar surface area (TPSA) is 32.3 Å². The summed E-state index contributed by atoms with van der Waals surface area (Å²) >= 11 is 3.42. The van der Waals surface area contributed by atoms with E-state index in [4.69, 9.17) is 0 Å². The molecule has 4 heteroatoms. The van der Waals surface area contributed by atoms with Gasteiger partial charge in [-0.05, 0) is 31.5 Å². The number of halogens is 1. The molecule has 0 atom stereocenters. The molecule has 1 aromatic rings. The van der Waals surface area contributed by atoms with Crippen molar-refractivity contribution in [3.63, 3.8) is 0 Å². The normalized spacial score (nSPS) is 19.7. The van der Waals surface area contributed by atoms with E-state index >= 15 is 0 Å². The molecule has 1 N–H and O–H groups in total. The highest BCUT2D eigenvalue weighted by molar-refractivity contribution is 9.10. The third-order valence-electron chi connectivity index (χ3n) is 3.28.